The van der Waals surface area contributed by atoms with Crippen LogP contribution < -0.4 is 5.73 Å². The lowest BCUT2D eigenvalue weighted by Gasteiger charge is -2.16. The fourth-order valence-corrected chi connectivity index (χ4v) is 3.49. The monoisotopic (exact) mass is 483 g/mol. The summed E-state index contributed by atoms with van der Waals surface area (Å²) < 4.78 is 1.18. The van der Waals surface area contributed by atoms with Crippen LogP contribution in [-0.4, -0.2) is 36.2 Å². The quantitative estimate of drug-likeness (QED) is 0.206. The van der Waals surface area contributed by atoms with Gasteiger partial charge >= 0.3 is 0 Å². The van der Waals surface area contributed by atoms with E-state index < -0.39 is 0 Å². The van der Waals surface area contributed by atoms with Gasteiger partial charge < -0.3 is 10.6 Å². The second-order valence-corrected chi connectivity index (χ2v) is 7.06. The minimum absolute atomic E-state index is 0. The summed E-state index contributed by atoms with van der Waals surface area (Å²) in [7, 11) is 2.04. The zero-order valence-electron chi connectivity index (χ0n) is 12.3. The first-order chi connectivity index (χ1) is 9.68. The number of thioether (sulfide) groups is 1. The fourth-order valence-electron chi connectivity index (χ4n) is 1.91. The van der Waals surface area contributed by atoms with E-state index in [1.54, 1.807) is 0 Å². The Morgan fingerprint density at radius 2 is 2.10 bits per heavy atom. The molecule has 0 aromatic heterocycles. The largest absolute Gasteiger partial charge is 0.370 e. The standard InChI is InChI=1S/C15H22BrN3S.HI/c1-19(12-8-9-12)15(17)18-10-4-5-11-20-14-7-3-2-6-13(14)16;/h2-3,6-7,12H,4-5,8-11H2,1H3,(H2,17,18);1H. The molecule has 0 radical (unpaired) electrons. The molecule has 0 heterocycles. The average molecular weight is 484 g/mol. The second kappa shape index (κ2) is 9.94. The Hall–Kier alpha value is 0.0500. The van der Waals surface area contributed by atoms with E-state index in [1.807, 2.05) is 24.9 Å². The van der Waals surface area contributed by atoms with Crippen molar-refractivity contribution >= 4 is 57.6 Å². The number of halogens is 2. The SMILES string of the molecule is CN(C(N)=NCCCCSc1ccccc1Br)C1CC1.I. The molecule has 1 aromatic carbocycles. The molecule has 3 nitrogen and oxygen atoms in total. The molecule has 1 aliphatic rings. The summed E-state index contributed by atoms with van der Waals surface area (Å²) in [6, 6.07) is 8.99. The van der Waals surface area contributed by atoms with E-state index in [9.17, 15) is 0 Å². The number of hydrogen-bond donors (Lipinski definition) is 1. The minimum atomic E-state index is 0. The fraction of sp³-hybridized carbons (Fsp3) is 0.533. The van der Waals surface area contributed by atoms with E-state index in [0.717, 1.165) is 25.1 Å². The number of aliphatic imine (C=N–C) groups is 1. The molecule has 1 aromatic rings. The molecule has 0 spiro atoms. The van der Waals surface area contributed by atoms with Crippen LogP contribution >= 0.6 is 51.7 Å². The van der Waals surface area contributed by atoms with Crippen LogP contribution in [0.3, 0.4) is 0 Å². The molecule has 0 unspecified atom stereocenters. The highest BCUT2D eigenvalue weighted by molar-refractivity contribution is 14.0. The minimum Gasteiger partial charge on any atom is -0.370 e. The summed E-state index contributed by atoms with van der Waals surface area (Å²) in [5, 5.41) is 0. The summed E-state index contributed by atoms with van der Waals surface area (Å²) in [5.74, 6) is 1.82. The third-order valence-electron chi connectivity index (χ3n) is 3.38. The number of nitrogens with zero attached hydrogens (tertiary/aromatic N) is 2. The van der Waals surface area contributed by atoms with Crippen LogP contribution in [0.4, 0.5) is 0 Å². The molecule has 2 N–H and O–H groups in total. The Kier molecular flexibility index (Phi) is 9.04. The maximum Gasteiger partial charge on any atom is 0.191 e. The Balaban J connectivity index is 0.00000220. The third kappa shape index (κ3) is 6.78. The Morgan fingerprint density at radius 1 is 1.38 bits per heavy atom. The van der Waals surface area contributed by atoms with Crippen molar-refractivity contribution < 1.29 is 0 Å². The van der Waals surface area contributed by atoms with Gasteiger partial charge in [-0.15, -0.1) is 35.7 Å². The van der Waals surface area contributed by atoms with Crippen molar-refractivity contribution in [2.24, 2.45) is 10.7 Å². The Morgan fingerprint density at radius 3 is 2.76 bits per heavy atom. The zero-order valence-corrected chi connectivity index (χ0v) is 17.0. The second-order valence-electron chi connectivity index (χ2n) is 5.07. The van der Waals surface area contributed by atoms with E-state index in [2.05, 4.69) is 44.0 Å². The molecule has 118 valence electrons. The number of rotatable bonds is 7. The van der Waals surface area contributed by atoms with Crippen molar-refractivity contribution in [1.29, 1.82) is 0 Å². The number of nitrogens with two attached hydrogens (primary N) is 1. The van der Waals surface area contributed by atoms with Gasteiger partial charge in [0.1, 0.15) is 0 Å². The summed E-state index contributed by atoms with van der Waals surface area (Å²) in [6.45, 7) is 0.833. The van der Waals surface area contributed by atoms with Gasteiger partial charge in [0.2, 0.25) is 0 Å². The number of hydrogen-bond acceptors (Lipinski definition) is 2. The van der Waals surface area contributed by atoms with Crippen LogP contribution in [-0.2, 0) is 0 Å². The van der Waals surface area contributed by atoms with Crippen molar-refractivity contribution in [3.05, 3.63) is 28.7 Å². The Labute approximate surface area is 157 Å². The van der Waals surface area contributed by atoms with Crippen molar-refractivity contribution in [1.82, 2.24) is 4.90 Å². The van der Waals surface area contributed by atoms with Gasteiger partial charge in [0, 0.05) is 29.0 Å². The van der Waals surface area contributed by atoms with Crippen molar-refractivity contribution in [2.45, 2.75) is 36.6 Å². The van der Waals surface area contributed by atoms with Gasteiger partial charge in [-0.1, -0.05) is 12.1 Å². The molecular formula is C15H23BrIN3S. The predicted octanol–water partition coefficient (Wildman–Crippen LogP) is 4.35. The first kappa shape index (κ1) is 19.1. The summed E-state index contributed by atoms with van der Waals surface area (Å²) in [5.41, 5.74) is 5.95. The van der Waals surface area contributed by atoms with Crippen molar-refractivity contribution in [2.75, 3.05) is 19.3 Å². The highest BCUT2D eigenvalue weighted by Crippen LogP contribution is 2.27. The van der Waals surface area contributed by atoms with Gasteiger partial charge in [-0.25, -0.2) is 0 Å². The summed E-state index contributed by atoms with van der Waals surface area (Å²) in [4.78, 5) is 7.87. The van der Waals surface area contributed by atoms with E-state index in [0.29, 0.717) is 12.0 Å². The van der Waals surface area contributed by atoms with Crippen LogP contribution in [0.1, 0.15) is 25.7 Å². The highest BCUT2D eigenvalue weighted by Gasteiger charge is 2.27. The predicted molar refractivity (Wildman–Crippen MR) is 107 cm³/mol. The summed E-state index contributed by atoms with van der Waals surface area (Å²) >= 11 is 5.46. The maximum atomic E-state index is 5.95. The van der Waals surface area contributed by atoms with Gasteiger partial charge in [0.05, 0.1) is 0 Å². The average Bonchev–Trinajstić information content (AvgIpc) is 3.28. The Bertz CT molecular complexity index is 466. The molecule has 0 aliphatic heterocycles. The first-order valence-electron chi connectivity index (χ1n) is 7.08. The normalized spacial score (nSPS) is 14.7. The van der Waals surface area contributed by atoms with Gasteiger partial charge in [0.15, 0.2) is 5.96 Å². The highest BCUT2D eigenvalue weighted by atomic mass is 127. The van der Waals surface area contributed by atoms with Crippen molar-refractivity contribution in [3.8, 4) is 0 Å². The number of benzene rings is 1. The maximum absolute atomic E-state index is 5.95. The first-order valence-corrected chi connectivity index (χ1v) is 8.86. The number of guanidine groups is 1. The third-order valence-corrected chi connectivity index (χ3v) is 5.49. The van der Waals surface area contributed by atoms with Gasteiger partial charge in [-0.05, 0) is 59.5 Å². The van der Waals surface area contributed by atoms with Gasteiger partial charge in [-0.3, -0.25) is 4.99 Å². The van der Waals surface area contributed by atoms with Crippen LogP contribution in [0.5, 0.6) is 0 Å². The lowest BCUT2D eigenvalue weighted by Crippen LogP contribution is -2.35. The molecule has 1 saturated carbocycles. The van der Waals surface area contributed by atoms with Gasteiger partial charge in [0.25, 0.3) is 0 Å². The van der Waals surface area contributed by atoms with Crippen LogP contribution in [0.15, 0.2) is 38.6 Å². The smallest absolute Gasteiger partial charge is 0.191 e. The topological polar surface area (TPSA) is 41.6 Å². The van der Waals surface area contributed by atoms with Crippen LogP contribution in [0, 0.1) is 0 Å². The molecule has 1 fully saturated rings. The number of unbranched alkanes of at least 4 members (excludes halogenated alkanes) is 1. The molecule has 0 atom stereocenters. The molecular weight excluding hydrogens is 461 g/mol. The molecule has 0 bridgehead atoms. The molecule has 6 heteroatoms. The lowest BCUT2D eigenvalue weighted by atomic mass is 10.3. The van der Waals surface area contributed by atoms with E-state index in [4.69, 9.17) is 5.73 Å². The zero-order chi connectivity index (χ0) is 14.4. The molecule has 1 aliphatic carbocycles. The molecule has 0 saturated heterocycles. The molecule has 0 amide bonds. The van der Waals surface area contributed by atoms with E-state index in [-0.39, 0.29) is 24.0 Å². The van der Waals surface area contributed by atoms with E-state index >= 15 is 0 Å². The lowest BCUT2D eigenvalue weighted by molar-refractivity contribution is 0.487. The molecule has 2 rings (SSSR count). The summed E-state index contributed by atoms with van der Waals surface area (Å²) in [6.07, 6.45) is 4.78. The molecule has 21 heavy (non-hydrogen) atoms. The van der Waals surface area contributed by atoms with Crippen molar-refractivity contribution in [3.63, 3.8) is 0 Å². The van der Waals surface area contributed by atoms with Gasteiger partial charge in [-0.2, -0.15) is 0 Å². The van der Waals surface area contributed by atoms with Crippen LogP contribution in [0.25, 0.3) is 0 Å². The van der Waals surface area contributed by atoms with Crippen LogP contribution in [0.2, 0.25) is 0 Å². The van der Waals surface area contributed by atoms with E-state index in [1.165, 1.54) is 22.2 Å².